The minimum Gasteiger partial charge on any atom is -0.294 e. The first-order valence-electron chi connectivity index (χ1n) is 7.32. The second-order valence-corrected chi connectivity index (χ2v) is 6.49. The molecule has 0 aromatic heterocycles. The molecule has 18 heavy (non-hydrogen) atoms. The van der Waals surface area contributed by atoms with Gasteiger partial charge in [0.1, 0.15) is 0 Å². The molecular weight excluding hydrogens is 218 g/mol. The summed E-state index contributed by atoms with van der Waals surface area (Å²) in [4.78, 5) is 2.66. The highest BCUT2D eigenvalue weighted by atomic mass is 15.2. The van der Waals surface area contributed by atoms with Gasteiger partial charge >= 0.3 is 0 Å². The number of hydrogen-bond donors (Lipinski definition) is 0. The van der Waals surface area contributed by atoms with Gasteiger partial charge in [-0.25, -0.2) is 0 Å². The lowest BCUT2D eigenvalue weighted by molar-refractivity contribution is 0.0385. The fourth-order valence-electron chi connectivity index (χ4n) is 3.25. The Morgan fingerprint density at radius 2 is 2.11 bits per heavy atom. The van der Waals surface area contributed by atoms with Crippen molar-refractivity contribution in [1.82, 2.24) is 4.90 Å². The predicted molar refractivity (Wildman–Crippen MR) is 78.7 cm³/mol. The molecule has 0 N–H and O–H groups in total. The minimum atomic E-state index is 0.350. The molecule has 1 heteroatoms. The van der Waals surface area contributed by atoms with Crippen LogP contribution in [0.1, 0.15) is 51.2 Å². The minimum absolute atomic E-state index is 0.350. The molecule has 1 heterocycles. The molecule has 1 aliphatic heterocycles. The summed E-state index contributed by atoms with van der Waals surface area (Å²) in [6.07, 6.45) is 4.04. The quantitative estimate of drug-likeness (QED) is 0.763. The molecule has 0 bridgehead atoms. The average Bonchev–Trinajstić information content (AvgIpc) is 2.31. The Morgan fingerprint density at radius 1 is 1.33 bits per heavy atom. The number of piperidine rings is 1. The summed E-state index contributed by atoms with van der Waals surface area (Å²) in [5, 5.41) is 0. The number of benzene rings is 1. The van der Waals surface area contributed by atoms with Crippen LogP contribution in [0.3, 0.4) is 0 Å². The van der Waals surface area contributed by atoms with E-state index in [1.165, 1.54) is 36.9 Å². The summed E-state index contributed by atoms with van der Waals surface area (Å²) >= 11 is 0. The van der Waals surface area contributed by atoms with Crippen molar-refractivity contribution in [3.63, 3.8) is 0 Å². The molecule has 1 fully saturated rings. The number of rotatable bonds is 3. The van der Waals surface area contributed by atoms with Crippen LogP contribution in [0.5, 0.6) is 0 Å². The highest BCUT2D eigenvalue weighted by Crippen LogP contribution is 2.34. The Kier molecular flexibility index (Phi) is 4.11. The monoisotopic (exact) mass is 245 g/mol. The lowest BCUT2D eigenvalue weighted by atomic mass is 9.81. The SMILES string of the molecule is CCC1CCN(Cc2cccc(C)c2)C(C)(C)C1. The molecule has 1 aliphatic rings. The Balaban J connectivity index is 2.05. The molecule has 1 unspecified atom stereocenters. The summed E-state index contributed by atoms with van der Waals surface area (Å²) in [6.45, 7) is 11.7. The maximum atomic E-state index is 2.66. The van der Waals surface area contributed by atoms with Gasteiger partial charge in [0.05, 0.1) is 0 Å². The topological polar surface area (TPSA) is 3.24 Å². The van der Waals surface area contributed by atoms with Gasteiger partial charge in [-0.2, -0.15) is 0 Å². The Labute approximate surface area is 112 Å². The van der Waals surface area contributed by atoms with Crippen molar-refractivity contribution in [2.24, 2.45) is 5.92 Å². The standard InChI is InChI=1S/C17H27N/c1-5-15-9-10-18(17(3,4)12-15)13-16-8-6-7-14(2)11-16/h6-8,11,15H,5,9-10,12-13H2,1-4H3. The third-order valence-electron chi connectivity index (χ3n) is 4.48. The predicted octanol–water partition coefficient (Wildman–Crippen LogP) is 4.40. The third kappa shape index (κ3) is 3.14. The fraction of sp³-hybridized carbons (Fsp3) is 0.647. The first-order valence-corrected chi connectivity index (χ1v) is 7.32. The van der Waals surface area contributed by atoms with Gasteiger partial charge in [-0.1, -0.05) is 43.2 Å². The van der Waals surface area contributed by atoms with Gasteiger partial charge < -0.3 is 0 Å². The van der Waals surface area contributed by atoms with E-state index in [1.54, 1.807) is 0 Å². The highest BCUT2D eigenvalue weighted by Gasteiger charge is 2.33. The summed E-state index contributed by atoms with van der Waals surface area (Å²) in [5.41, 5.74) is 3.18. The zero-order valence-corrected chi connectivity index (χ0v) is 12.4. The van der Waals surface area contributed by atoms with E-state index in [0.29, 0.717) is 5.54 Å². The molecule has 2 rings (SSSR count). The summed E-state index contributed by atoms with van der Waals surface area (Å²) < 4.78 is 0. The van der Waals surface area contributed by atoms with E-state index in [9.17, 15) is 0 Å². The number of nitrogens with zero attached hydrogens (tertiary/aromatic N) is 1. The normalized spacial score (nSPS) is 24.1. The van der Waals surface area contributed by atoms with Crippen LogP contribution in [0.2, 0.25) is 0 Å². The molecule has 0 aliphatic carbocycles. The number of hydrogen-bond acceptors (Lipinski definition) is 1. The van der Waals surface area contributed by atoms with Crippen molar-refractivity contribution in [3.05, 3.63) is 35.4 Å². The van der Waals surface area contributed by atoms with Gasteiger partial charge in [0.2, 0.25) is 0 Å². The van der Waals surface area contributed by atoms with Gasteiger partial charge in [0.15, 0.2) is 0 Å². The van der Waals surface area contributed by atoms with Crippen LogP contribution in [0.4, 0.5) is 0 Å². The van der Waals surface area contributed by atoms with Crippen LogP contribution in [-0.4, -0.2) is 17.0 Å². The maximum Gasteiger partial charge on any atom is 0.0239 e. The molecule has 1 aromatic carbocycles. The lowest BCUT2D eigenvalue weighted by Crippen LogP contribution is -2.49. The van der Waals surface area contributed by atoms with Gasteiger partial charge in [0, 0.05) is 12.1 Å². The summed E-state index contributed by atoms with van der Waals surface area (Å²) in [5.74, 6) is 0.925. The average molecular weight is 245 g/mol. The van der Waals surface area contributed by atoms with E-state index in [4.69, 9.17) is 0 Å². The molecule has 0 spiro atoms. The van der Waals surface area contributed by atoms with Crippen molar-refractivity contribution in [1.29, 1.82) is 0 Å². The molecular formula is C17H27N. The van der Waals surface area contributed by atoms with Crippen molar-refractivity contribution >= 4 is 0 Å². The molecule has 0 radical (unpaired) electrons. The smallest absolute Gasteiger partial charge is 0.0239 e. The lowest BCUT2D eigenvalue weighted by Gasteiger charge is -2.45. The van der Waals surface area contributed by atoms with Crippen molar-refractivity contribution in [2.45, 2.75) is 59.0 Å². The van der Waals surface area contributed by atoms with E-state index in [2.05, 4.69) is 56.9 Å². The first kappa shape index (κ1) is 13.6. The van der Waals surface area contributed by atoms with Gasteiger partial charge in [-0.05, 0) is 51.6 Å². The molecule has 100 valence electrons. The van der Waals surface area contributed by atoms with Crippen molar-refractivity contribution < 1.29 is 0 Å². The molecule has 1 saturated heterocycles. The number of likely N-dealkylation sites (tertiary alicyclic amines) is 1. The molecule has 1 nitrogen and oxygen atoms in total. The van der Waals surface area contributed by atoms with Gasteiger partial charge in [0.25, 0.3) is 0 Å². The Hall–Kier alpha value is -0.820. The van der Waals surface area contributed by atoms with Gasteiger partial charge in [-0.15, -0.1) is 0 Å². The van der Waals surface area contributed by atoms with Crippen LogP contribution >= 0.6 is 0 Å². The van der Waals surface area contributed by atoms with E-state index in [-0.39, 0.29) is 0 Å². The van der Waals surface area contributed by atoms with Crippen LogP contribution in [-0.2, 0) is 6.54 Å². The van der Waals surface area contributed by atoms with Crippen LogP contribution in [0.25, 0.3) is 0 Å². The molecule has 1 aromatic rings. The van der Waals surface area contributed by atoms with Crippen LogP contribution in [0.15, 0.2) is 24.3 Å². The zero-order valence-electron chi connectivity index (χ0n) is 12.4. The Morgan fingerprint density at radius 3 is 2.72 bits per heavy atom. The third-order valence-corrected chi connectivity index (χ3v) is 4.48. The van der Waals surface area contributed by atoms with E-state index < -0.39 is 0 Å². The van der Waals surface area contributed by atoms with Crippen molar-refractivity contribution in [2.75, 3.05) is 6.54 Å². The highest BCUT2D eigenvalue weighted by molar-refractivity contribution is 5.22. The molecule has 0 saturated carbocycles. The second-order valence-electron chi connectivity index (χ2n) is 6.49. The summed E-state index contributed by atoms with van der Waals surface area (Å²) in [7, 11) is 0. The summed E-state index contributed by atoms with van der Waals surface area (Å²) in [6, 6.07) is 8.94. The van der Waals surface area contributed by atoms with E-state index in [1.807, 2.05) is 0 Å². The first-order chi connectivity index (χ1) is 8.51. The van der Waals surface area contributed by atoms with E-state index in [0.717, 1.165) is 12.5 Å². The molecule has 0 amide bonds. The number of aryl methyl sites for hydroxylation is 1. The Bertz CT molecular complexity index is 394. The van der Waals surface area contributed by atoms with Crippen LogP contribution < -0.4 is 0 Å². The van der Waals surface area contributed by atoms with E-state index >= 15 is 0 Å². The molecule has 1 atom stereocenters. The zero-order chi connectivity index (χ0) is 13.2. The van der Waals surface area contributed by atoms with Crippen molar-refractivity contribution in [3.8, 4) is 0 Å². The van der Waals surface area contributed by atoms with Crippen LogP contribution in [0, 0.1) is 12.8 Å². The van der Waals surface area contributed by atoms with Gasteiger partial charge in [-0.3, -0.25) is 4.90 Å². The fourth-order valence-corrected chi connectivity index (χ4v) is 3.25. The second kappa shape index (κ2) is 5.44. The maximum absolute atomic E-state index is 2.66. The largest absolute Gasteiger partial charge is 0.294 e.